The van der Waals surface area contributed by atoms with Gasteiger partial charge in [0.25, 0.3) is 0 Å². The van der Waals surface area contributed by atoms with E-state index in [1.165, 1.54) is 31.0 Å². The van der Waals surface area contributed by atoms with Crippen molar-refractivity contribution in [3.63, 3.8) is 0 Å². The second kappa shape index (κ2) is 21.6. The predicted molar refractivity (Wildman–Crippen MR) is 234 cm³/mol. The van der Waals surface area contributed by atoms with Crippen LogP contribution in [0.15, 0.2) is 60.7 Å². The Morgan fingerprint density at radius 2 is 1.61 bits per heavy atom. The van der Waals surface area contributed by atoms with Gasteiger partial charge in [0.2, 0.25) is 11.8 Å². The number of fused-ring (bicyclic) bond motifs is 5. The lowest BCUT2D eigenvalue weighted by molar-refractivity contribution is -0.144. The summed E-state index contributed by atoms with van der Waals surface area (Å²) >= 11 is 0. The Kier molecular flexibility index (Phi) is 16.3. The Morgan fingerprint density at radius 3 is 2.26 bits per heavy atom. The summed E-state index contributed by atoms with van der Waals surface area (Å²) in [5.74, 6) is -3.94. The number of carbonyl (C=O) groups is 5. The fourth-order valence-electron chi connectivity index (χ4n) is 7.78. The molecule has 0 saturated carbocycles. The number of aryl methyl sites for hydroxylation is 2. The first-order valence-electron chi connectivity index (χ1n) is 21.1. The number of nitrogens with one attached hydrogen (secondary N) is 1. The highest BCUT2D eigenvalue weighted by Crippen LogP contribution is 2.40. The largest absolute Gasteiger partial charge is 0.507 e. The molecule has 0 saturated heterocycles. The van der Waals surface area contributed by atoms with Crippen molar-refractivity contribution in [1.82, 2.24) is 20.2 Å². The van der Waals surface area contributed by atoms with Gasteiger partial charge in [0.15, 0.2) is 17.4 Å². The SMILES string of the molecule is CCCCCOc1ccc(-c2nc(C)c(C(=O)C[C@@H](CCN)C(=O)N(C)[C@@H]3C(=O)C[C@@H](C)C(=O)N[C@H](C(=O)O)Cc4ccc(OCCN)c(c4)-c4cc3ccc4O)c(C)n2)cc1. The Hall–Kier alpha value is -6.19. The third-order valence-electron chi connectivity index (χ3n) is 11.1. The van der Waals surface area contributed by atoms with Crippen LogP contribution in [0.1, 0.15) is 91.3 Å². The lowest BCUT2D eigenvalue weighted by atomic mass is 9.88. The summed E-state index contributed by atoms with van der Waals surface area (Å²) in [6.45, 7) is 8.10. The molecule has 4 bridgehead atoms. The Morgan fingerprint density at radius 1 is 0.903 bits per heavy atom. The first-order chi connectivity index (χ1) is 29.7. The van der Waals surface area contributed by atoms with Crippen LogP contribution in [0.25, 0.3) is 22.5 Å². The zero-order chi connectivity index (χ0) is 45.1. The Labute approximate surface area is 362 Å². The quantitative estimate of drug-likeness (QED) is 0.0653. The fourth-order valence-corrected chi connectivity index (χ4v) is 7.78. The minimum atomic E-state index is -1.33. The molecule has 1 aliphatic heterocycles. The first-order valence-corrected chi connectivity index (χ1v) is 21.1. The number of phenols is 1. The number of carboxylic acids is 1. The number of aromatic hydroxyl groups is 1. The number of nitrogens with two attached hydrogens (primary N) is 2. The molecule has 330 valence electrons. The number of hydrogen-bond acceptors (Lipinski definition) is 12. The van der Waals surface area contributed by atoms with Crippen molar-refractivity contribution in [2.45, 2.75) is 84.7 Å². The van der Waals surface area contributed by atoms with Crippen LogP contribution in [0.4, 0.5) is 0 Å². The van der Waals surface area contributed by atoms with Crippen LogP contribution in [0.2, 0.25) is 0 Å². The zero-order valence-electron chi connectivity index (χ0n) is 36.1. The van der Waals surface area contributed by atoms with Gasteiger partial charge >= 0.3 is 5.97 Å². The number of phenolic OH excluding ortho intramolecular Hbond substituents is 1. The van der Waals surface area contributed by atoms with Crippen molar-refractivity contribution in [1.29, 1.82) is 0 Å². The number of amides is 2. The Bertz CT molecular complexity index is 2240. The summed E-state index contributed by atoms with van der Waals surface area (Å²) in [4.78, 5) is 79.4. The molecular formula is C47H58N6O9. The van der Waals surface area contributed by atoms with Gasteiger partial charge in [-0.05, 0) is 92.9 Å². The lowest BCUT2D eigenvalue weighted by Crippen LogP contribution is -2.45. The van der Waals surface area contributed by atoms with Crippen LogP contribution in [-0.2, 0) is 25.6 Å². The number of aromatic nitrogens is 2. The van der Waals surface area contributed by atoms with Gasteiger partial charge in [0, 0.05) is 61.4 Å². The van der Waals surface area contributed by atoms with Gasteiger partial charge in [-0.2, -0.15) is 0 Å². The van der Waals surface area contributed by atoms with E-state index in [9.17, 15) is 34.2 Å². The molecule has 2 heterocycles. The second-order valence-electron chi connectivity index (χ2n) is 15.8. The number of ether oxygens (including phenoxy) is 2. The molecule has 0 unspecified atom stereocenters. The van der Waals surface area contributed by atoms with Crippen molar-refractivity contribution < 1.29 is 43.7 Å². The minimum Gasteiger partial charge on any atom is -0.507 e. The number of hydrogen-bond donors (Lipinski definition) is 5. The van der Waals surface area contributed by atoms with Crippen molar-refractivity contribution in [2.24, 2.45) is 23.3 Å². The molecule has 5 rings (SSSR count). The average molecular weight is 851 g/mol. The summed E-state index contributed by atoms with van der Waals surface area (Å²) in [5.41, 5.74) is 15.2. The summed E-state index contributed by atoms with van der Waals surface area (Å²) in [5, 5.41) is 23.8. The molecule has 1 aliphatic rings. The number of ketones is 2. The lowest BCUT2D eigenvalue weighted by Gasteiger charge is -2.32. The first kappa shape index (κ1) is 46.9. The van der Waals surface area contributed by atoms with Gasteiger partial charge in [0.05, 0.1) is 23.6 Å². The minimum absolute atomic E-state index is 0.0646. The molecule has 15 nitrogen and oxygen atoms in total. The molecule has 0 fully saturated rings. The standard InChI is InChI=1S/C47H58N6O9/c1-6-7-8-20-61-34-13-10-31(11-14-34)44-50-28(3)42(29(4)51-44)39(55)26-33(17-18-48)46(58)53(5)43-32-12-15-38(54)35(25-32)36-23-30(9-16-41(36)62-21-19-49)24-37(47(59)60)52-45(57)27(2)22-40(43)56/h9-16,23,25,27,33,37,43,54H,6-8,17-22,24,26,48-49H2,1-5H3,(H,52,57)(H,59,60)/t27-,33-,37+,43+/m1/s1. The number of Topliss-reactive ketones (excluding diaryl/α,β-unsaturated/α-hetero) is 2. The third-order valence-corrected chi connectivity index (χ3v) is 11.1. The monoisotopic (exact) mass is 850 g/mol. The summed E-state index contributed by atoms with van der Waals surface area (Å²) in [6.07, 6.45) is 2.59. The predicted octanol–water partition coefficient (Wildman–Crippen LogP) is 5.50. The molecule has 7 N–H and O–H groups in total. The number of benzene rings is 3. The van der Waals surface area contributed by atoms with Crippen molar-refractivity contribution in [3.8, 4) is 39.8 Å². The summed E-state index contributed by atoms with van der Waals surface area (Å²) < 4.78 is 11.8. The van der Waals surface area contributed by atoms with Crippen molar-refractivity contribution >= 4 is 29.4 Å². The molecule has 3 aromatic carbocycles. The van der Waals surface area contributed by atoms with E-state index in [-0.39, 0.29) is 68.0 Å². The van der Waals surface area contributed by atoms with E-state index in [1.807, 2.05) is 24.3 Å². The highest BCUT2D eigenvalue weighted by atomic mass is 16.5. The van der Waals surface area contributed by atoms with Crippen LogP contribution in [0.3, 0.4) is 0 Å². The second-order valence-corrected chi connectivity index (χ2v) is 15.8. The number of nitrogens with zero attached hydrogens (tertiary/aromatic N) is 3. The van der Waals surface area contributed by atoms with Gasteiger partial charge in [-0.15, -0.1) is 0 Å². The van der Waals surface area contributed by atoms with E-state index in [0.717, 1.165) is 30.6 Å². The van der Waals surface area contributed by atoms with Crippen LogP contribution in [0.5, 0.6) is 17.2 Å². The van der Waals surface area contributed by atoms with Crippen LogP contribution >= 0.6 is 0 Å². The van der Waals surface area contributed by atoms with E-state index < -0.39 is 47.5 Å². The van der Waals surface area contributed by atoms with Gasteiger partial charge in [-0.1, -0.05) is 38.8 Å². The van der Waals surface area contributed by atoms with Gasteiger partial charge in [-0.25, -0.2) is 14.8 Å². The normalized spacial score (nSPS) is 17.0. The van der Waals surface area contributed by atoms with Gasteiger partial charge in [0.1, 0.15) is 35.9 Å². The number of aliphatic carboxylic acids is 1. The molecule has 1 aromatic heterocycles. The highest BCUT2D eigenvalue weighted by Gasteiger charge is 2.36. The van der Waals surface area contributed by atoms with E-state index in [4.69, 9.17) is 20.9 Å². The van der Waals surface area contributed by atoms with Gasteiger partial charge < -0.3 is 41.4 Å². The van der Waals surface area contributed by atoms with Crippen molar-refractivity contribution in [3.05, 3.63) is 88.7 Å². The number of unbranched alkanes of at least 4 members (excludes halogenated alkanes) is 2. The summed E-state index contributed by atoms with van der Waals surface area (Å²) in [6, 6.07) is 14.3. The number of carbonyl (C=O) groups excluding carboxylic acids is 4. The molecule has 0 aliphatic carbocycles. The molecule has 2 amide bonds. The molecule has 15 heteroatoms. The molecule has 62 heavy (non-hydrogen) atoms. The third kappa shape index (κ3) is 11.4. The number of carboxylic acid groups (broad SMARTS) is 1. The summed E-state index contributed by atoms with van der Waals surface area (Å²) in [7, 11) is 1.45. The van der Waals surface area contributed by atoms with Crippen LogP contribution in [0, 0.1) is 25.7 Å². The molecule has 4 aromatic rings. The van der Waals surface area contributed by atoms with E-state index in [2.05, 4.69) is 22.2 Å². The molecular weight excluding hydrogens is 793 g/mol. The van der Waals surface area contributed by atoms with Crippen molar-refractivity contribution in [2.75, 3.05) is 33.4 Å². The molecule has 4 atom stereocenters. The smallest absolute Gasteiger partial charge is 0.326 e. The zero-order valence-corrected chi connectivity index (χ0v) is 36.1. The van der Waals surface area contributed by atoms with E-state index >= 15 is 0 Å². The topological polar surface area (TPSA) is 237 Å². The number of rotatable bonds is 17. The maximum Gasteiger partial charge on any atom is 0.326 e. The highest BCUT2D eigenvalue weighted by molar-refractivity contribution is 6.01. The van der Waals surface area contributed by atoms with Gasteiger partial charge in [-0.3, -0.25) is 19.2 Å². The molecule has 0 radical (unpaired) electrons. The maximum atomic E-state index is 14.6. The molecule has 0 spiro atoms. The van der Waals surface area contributed by atoms with Crippen LogP contribution in [-0.4, -0.2) is 93.8 Å². The Balaban J connectivity index is 1.48. The van der Waals surface area contributed by atoms with E-state index in [1.54, 1.807) is 38.1 Å². The van der Waals surface area contributed by atoms with Crippen LogP contribution < -0.4 is 26.3 Å². The van der Waals surface area contributed by atoms with E-state index in [0.29, 0.717) is 46.3 Å². The average Bonchev–Trinajstić information content (AvgIpc) is 3.24. The fraction of sp³-hybridized carbons (Fsp3) is 0.426. The maximum absolute atomic E-state index is 14.6. The number of likely N-dealkylation sites (N-methyl/N-ethyl adjacent to an activating group) is 1.